The summed E-state index contributed by atoms with van der Waals surface area (Å²) in [5.74, 6) is 0.591. The number of benzene rings is 1. The molecule has 1 aliphatic carbocycles. The minimum atomic E-state index is -3.44. The van der Waals surface area contributed by atoms with Gasteiger partial charge in [0.25, 0.3) is 5.91 Å². The van der Waals surface area contributed by atoms with Crippen molar-refractivity contribution in [2.75, 3.05) is 41.1 Å². The molecule has 2 aromatic rings. The van der Waals surface area contributed by atoms with Gasteiger partial charge in [-0.05, 0) is 68.4 Å². The quantitative estimate of drug-likeness (QED) is 0.683. The number of pyridine rings is 1. The maximum Gasteiger partial charge on any atom is 0.256 e. The van der Waals surface area contributed by atoms with Gasteiger partial charge >= 0.3 is 0 Å². The lowest BCUT2D eigenvalue weighted by Gasteiger charge is -2.36. The van der Waals surface area contributed by atoms with E-state index in [1.165, 1.54) is 40.9 Å². The maximum atomic E-state index is 14.9. The Balaban J connectivity index is 1.29. The lowest BCUT2D eigenvalue weighted by atomic mass is 10.1. The van der Waals surface area contributed by atoms with Gasteiger partial charge < -0.3 is 9.80 Å². The molecule has 7 nitrogen and oxygen atoms in total. The van der Waals surface area contributed by atoms with Crippen LogP contribution in [-0.2, 0) is 10.0 Å². The van der Waals surface area contributed by atoms with Crippen molar-refractivity contribution in [3.05, 3.63) is 53.0 Å². The molecule has 1 atom stereocenters. The highest BCUT2D eigenvalue weighted by Crippen LogP contribution is 2.44. The Morgan fingerprint density at radius 3 is 2.42 bits per heavy atom. The van der Waals surface area contributed by atoms with Crippen LogP contribution in [0.1, 0.15) is 53.6 Å². The van der Waals surface area contributed by atoms with Crippen LogP contribution in [0, 0.1) is 12.7 Å². The SMILES string of the molecule is Cc1cnc(N2CCN(C(=O)c3ccc(N4[C@H](C)CCS4(=O)=O)cc3F)CC2)c(C2CC2)c1. The van der Waals surface area contributed by atoms with Gasteiger partial charge in [-0.25, -0.2) is 17.8 Å². The average molecular weight is 473 g/mol. The van der Waals surface area contributed by atoms with Crippen molar-refractivity contribution >= 4 is 27.4 Å². The predicted octanol–water partition coefficient (Wildman–Crippen LogP) is 3.30. The Hall–Kier alpha value is -2.68. The Labute approximate surface area is 194 Å². The Bertz CT molecular complexity index is 1190. The zero-order chi connectivity index (χ0) is 23.3. The molecule has 3 aliphatic rings. The second-order valence-corrected chi connectivity index (χ2v) is 11.4. The highest BCUT2D eigenvalue weighted by Gasteiger charge is 2.36. The van der Waals surface area contributed by atoms with Crippen LogP contribution in [0.25, 0.3) is 0 Å². The maximum absolute atomic E-state index is 14.9. The number of rotatable bonds is 4. The first-order valence-corrected chi connectivity index (χ1v) is 13.2. The second-order valence-electron chi connectivity index (χ2n) is 9.39. The van der Waals surface area contributed by atoms with E-state index in [0.29, 0.717) is 38.5 Å². The van der Waals surface area contributed by atoms with E-state index in [2.05, 4.69) is 22.9 Å². The molecular formula is C24H29FN4O3S. The van der Waals surface area contributed by atoms with Crippen molar-refractivity contribution in [2.45, 2.75) is 45.1 Å². The van der Waals surface area contributed by atoms with E-state index in [1.807, 2.05) is 6.20 Å². The molecule has 0 N–H and O–H groups in total. The van der Waals surface area contributed by atoms with Gasteiger partial charge in [-0.2, -0.15) is 0 Å². The van der Waals surface area contributed by atoms with Gasteiger partial charge in [-0.3, -0.25) is 9.10 Å². The van der Waals surface area contributed by atoms with Crippen LogP contribution in [-0.4, -0.2) is 62.2 Å². The van der Waals surface area contributed by atoms with Crippen molar-refractivity contribution in [2.24, 2.45) is 0 Å². The third-order valence-electron chi connectivity index (χ3n) is 6.85. The fourth-order valence-electron chi connectivity index (χ4n) is 4.87. The molecule has 3 fully saturated rings. The number of sulfonamides is 1. The summed E-state index contributed by atoms with van der Waals surface area (Å²) in [6.45, 7) is 6.11. The summed E-state index contributed by atoms with van der Waals surface area (Å²) in [7, 11) is -3.44. The van der Waals surface area contributed by atoms with Crippen LogP contribution < -0.4 is 9.21 Å². The molecule has 5 rings (SSSR count). The van der Waals surface area contributed by atoms with E-state index in [4.69, 9.17) is 0 Å². The summed E-state index contributed by atoms with van der Waals surface area (Å²) in [6, 6.07) is 6.10. The highest BCUT2D eigenvalue weighted by molar-refractivity contribution is 7.93. The number of anilines is 2. The number of nitrogens with zero attached hydrogens (tertiary/aromatic N) is 4. The number of carbonyl (C=O) groups excluding carboxylic acids is 1. The molecule has 0 radical (unpaired) electrons. The smallest absolute Gasteiger partial charge is 0.256 e. The third kappa shape index (κ3) is 4.18. The first-order chi connectivity index (χ1) is 15.7. The number of piperazine rings is 1. The lowest BCUT2D eigenvalue weighted by molar-refractivity contribution is 0.0742. The summed E-state index contributed by atoms with van der Waals surface area (Å²) in [4.78, 5) is 21.6. The molecule has 2 saturated heterocycles. The van der Waals surface area contributed by atoms with Gasteiger partial charge in [0.1, 0.15) is 11.6 Å². The van der Waals surface area contributed by atoms with E-state index in [-0.39, 0.29) is 29.0 Å². The van der Waals surface area contributed by atoms with Crippen LogP contribution in [0.15, 0.2) is 30.5 Å². The van der Waals surface area contributed by atoms with Gasteiger partial charge in [-0.1, -0.05) is 6.07 Å². The normalized spacial score (nSPS) is 22.6. The van der Waals surface area contributed by atoms with E-state index < -0.39 is 15.8 Å². The zero-order valence-electron chi connectivity index (χ0n) is 19.0. The molecule has 0 unspecified atom stereocenters. The van der Waals surface area contributed by atoms with Crippen molar-refractivity contribution in [1.82, 2.24) is 9.88 Å². The second kappa shape index (κ2) is 8.27. The number of hydrogen-bond acceptors (Lipinski definition) is 5. The van der Waals surface area contributed by atoms with Crippen LogP contribution in [0.2, 0.25) is 0 Å². The van der Waals surface area contributed by atoms with E-state index >= 15 is 0 Å². The number of carbonyl (C=O) groups is 1. The molecule has 1 saturated carbocycles. The molecule has 176 valence electrons. The molecule has 3 heterocycles. The third-order valence-corrected chi connectivity index (χ3v) is 8.77. The van der Waals surface area contributed by atoms with Gasteiger partial charge in [0, 0.05) is 38.4 Å². The summed E-state index contributed by atoms with van der Waals surface area (Å²) >= 11 is 0. The average Bonchev–Trinajstić information content (AvgIpc) is 3.59. The van der Waals surface area contributed by atoms with Crippen LogP contribution in [0.5, 0.6) is 0 Å². The molecule has 1 amide bonds. The number of amides is 1. The number of aryl methyl sites for hydroxylation is 1. The zero-order valence-corrected chi connectivity index (χ0v) is 19.8. The fraction of sp³-hybridized carbons (Fsp3) is 0.500. The van der Waals surface area contributed by atoms with Gasteiger partial charge in [0.05, 0.1) is 17.0 Å². The summed E-state index contributed by atoms with van der Waals surface area (Å²) in [5.41, 5.74) is 2.70. The lowest BCUT2D eigenvalue weighted by Crippen LogP contribution is -2.49. The Morgan fingerprint density at radius 1 is 1.09 bits per heavy atom. The minimum Gasteiger partial charge on any atom is -0.353 e. The Morgan fingerprint density at radius 2 is 1.82 bits per heavy atom. The first-order valence-electron chi connectivity index (χ1n) is 11.6. The summed E-state index contributed by atoms with van der Waals surface area (Å²) in [5, 5.41) is 0. The topological polar surface area (TPSA) is 73.8 Å². The van der Waals surface area contributed by atoms with Gasteiger partial charge in [0.15, 0.2) is 0 Å². The summed E-state index contributed by atoms with van der Waals surface area (Å²) in [6.07, 6.45) is 4.79. The van der Waals surface area contributed by atoms with Crippen LogP contribution in [0.4, 0.5) is 15.9 Å². The minimum absolute atomic E-state index is 0.0245. The van der Waals surface area contributed by atoms with Crippen LogP contribution in [0.3, 0.4) is 0 Å². The molecule has 2 aliphatic heterocycles. The van der Waals surface area contributed by atoms with Gasteiger partial charge in [0.2, 0.25) is 10.0 Å². The number of hydrogen-bond donors (Lipinski definition) is 0. The molecule has 1 aromatic carbocycles. The molecule has 9 heteroatoms. The van der Waals surface area contributed by atoms with Gasteiger partial charge in [-0.15, -0.1) is 0 Å². The monoisotopic (exact) mass is 472 g/mol. The van der Waals surface area contributed by atoms with Crippen molar-refractivity contribution in [3.63, 3.8) is 0 Å². The number of aromatic nitrogens is 1. The Kier molecular flexibility index (Phi) is 5.55. The standard InChI is InChI=1S/C24H29FN4O3S/c1-16-13-21(18-3-4-18)23(26-15-16)27-8-10-28(11-9-27)24(30)20-6-5-19(14-22(20)25)29-17(2)7-12-33(29,31)32/h5-6,13-15,17-18H,3-4,7-12H2,1-2H3/t17-/m1/s1. The van der Waals surface area contributed by atoms with Crippen molar-refractivity contribution in [1.29, 1.82) is 0 Å². The fourth-order valence-corrected chi connectivity index (χ4v) is 6.80. The van der Waals surface area contributed by atoms with Crippen molar-refractivity contribution < 1.29 is 17.6 Å². The molecule has 33 heavy (non-hydrogen) atoms. The van der Waals surface area contributed by atoms with E-state index in [9.17, 15) is 17.6 Å². The summed E-state index contributed by atoms with van der Waals surface area (Å²) < 4.78 is 40.8. The largest absolute Gasteiger partial charge is 0.353 e. The molecule has 0 spiro atoms. The molecule has 0 bridgehead atoms. The van der Waals surface area contributed by atoms with E-state index in [0.717, 1.165) is 11.4 Å². The number of halogens is 1. The van der Waals surface area contributed by atoms with Crippen molar-refractivity contribution in [3.8, 4) is 0 Å². The van der Waals surface area contributed by atoms with Crippen LogP contribution >= 0.6 is 0 Å². The molecular weight excluding hydrogens is 443 g/mol. The first kappa shape index (κ1) is 22.1. The predicted molar refractivity (Wildman–Crippen MR) is 126 cm³/mol. The molecule has 1 aromatic heterocycles. The highest BCUT2D eigenvalue weighted by atomic mass is 32.2. The van der Waals surface area contributed by atoms with E-state index in [1.54, 1.807) is 11.8 Å².